The van der Waals surface area contributed by atoms with Crippen LogP contribution in [0.2, 0.25) is 0 Å². The van der Waals surface area contributed by atoms with Gasteiger partial charge in [0.15, 0.2) is 11.0 Å². The summed E-state index contributed by atoms with van der Waals surface area (Å²) >= 11 is 2.98. The molecule has 0 aliphatic carbocycles. The predicted molar refractivity (Wildman–Crippen MR) is 118 cm³/mol. The highest BCUT2D eigenvalue weighted by molar-refractivity contribution is 7.98. The summed E-state index contributed by atoms with van der Waals surface area (Å²) in [4.78, 5) is 5.41. The molecule has 0 bridgehead atoms. The van der Waals surface area contributed by atoms with E-state index in [-0.39, 0.29) is 5.82 Å². The summed E-state index contributed by atoms with van der Waals surface area (Å²) in [5, 5.41) is 15.3. The molecule has 0 fully saturated rings. The smallest absolute Gasteiger partial charge is 0.237 e. The standard InChI is InChI=1S/C22H16FN5OS2/c23-17-10-5-4-9-16(17)21-25-26-22(28(21)13-15-7-2-1-3-8-15)31-14-19-24-20(27-29-19)18-11-6-12-30-18/h1-12H,13-14H2. The molecule has 0 aliphatic heterocycles. The minimum absolute atomic E-state index is 0.335. The highest BCUT2D eigenvalue weighted by atomic mass is 32.2. The first-order chi connectivity index (χ1) is 15.3. The molecule has 0 N–H and O–H groups in total. The van der Waals surface area contributed by atoms with E-state index in [4.69, 9.17) is 4.52 Å². The van der Waals surface area contributed by atoms with Crippen molar-refractivity contribution in [3.63, 3.8) is 0 Å². The SMILES string of the molecule is Fc1ccccc1-c1nnc(SCc2nc(-c3cccs3)no2)n1Cc1ccccc1. The molecule has 6 nitrogen and oxygen atoms in total. The molecule has 3 aromatic heterocycles. The first kappa shape index (κ1) is 19.7. The lowest BCUT2D eigenvalue weighted by molar-refractivity contribution is 0.391. The Bertz CT molecular complexity index is 1280. The fourth-order valence-corrected chi connectivity index (χ4v) is 4.52. The second-order valence-corrected chi connectivity index (χ2v) is 8.53. The highest BCUT2D eigenvalue weighted by Gasteiger charge is 2.19. The van der Waals surface area contributed by atoms with Gasteiger partial charge in [-0.3, -0.25) is 4.57 Å². The van der Waals surface area contributed by atoms with Crippen LogP contribution in [0.4, 0.5) is 4.39 Å². The lowest BCUT2D eigenvalue weighted by Crippen LogP contribution is -2.05. The van der Waals surface area contributed by atoms with Gasteiger partial charge in [0.2, 0.25) is 11.7 Å². The van der Waals surface area contributed by atoms with Crippen LogP contribution in [0.1, 0.15) is 11.5 Å². The number of thiophene rings is 1. The van der Waals surface area contributed by atoms with Gasteiger partial charge >= 0.3 is 0 Å². The maximum Gasteiger partial charge on any atom is 0.237 e. The van der Waals surface area contributed by atoms with Crippen LogP contribution >= 0.6 is 23.1 Å². The number of thioether (sulfide) groups is 1. The molecular formula is C22H16FN5OS2. The van der Waals surface area contributed by atoms with Crippen LogP contribution in [0, 0.1) is 5.82 Å². The van der Waals surface area contributed by atoms with E-state index >= 15 is 0 Å². The van der Waals surface area contributed by atoms with Crippen LogP contribution < -0.4 is 0 Å². The number of nitrogens with zero attached hydrogens (tertiary/aromatic N) is 5. The summed E-state index contributed by atoms with van der Waals surface area (Å²) in [6, 6.07) is 20.4. The summed E-state index contributed by atoms with van der Waals surface area (Å²) in [6.45, 7) is 0.518. The maximum absolute atomic E-state index is 14.5. The predicted octanol–water partition coefficient (Wildman–Crippen LogP) is 5.54. The highest BCUT2D eigenvalue weighted by Crippen LogP contribution is 2.29. The maximum atomic E-state index is 14.5. The molecule has 0 saturated heterocycles. The number of hydrogen-bond donors (Lipinski definition) is 0. The fraction of sp³-hybridized carbons (Fsp3) is 0.0909. The van der Waals surface area contributed by atoms with Gasteiger partial charge in [-0.25, -0.2) is 4.39 Å². The average molecular weight is 450 g/mol. The molecule has 3 heterocycles. The van der Waals surface area contributed by atoms with E-state index in [0.717, 1.165) is 10.4 Å². The van der Waals surface area contributed by atoms with Gasteiger partial charge in [-0.15, -0.1) is 21.5 Å². The molecule has 0 spiro atoms. The molecule has 0 saturated carbocycles. The number of benzene rings is 2. The van der Waals surface area contributed by atoms with Crippen LogP contribution in [0.5, 0.6) is 0 Å². The molecule has 0 atom stereocenters. The quantitative estimate of drug-likeness (QED) is 0.304. The lowest BCUT2D eigenvalue weighted by Gasteiger charge is -2.10. The topological polar surface area (TPSA) is 69.6 Å². The van der Waals surface area contributed by atoms with E-state index < -0.39 is 0 Å². The number of rotatable bonds is 7. The van der Waals surface area contributed by atoms with Crippen molar-refractivity contribution in [2.45, 2.75) is 17.5 Å². The number of aromatic nitrogens is 5. The van der Waals surface area contributed by atoms with Gasteiger partial charge in [0.25, 0.3) is 0 Å². The Morgan fingerprint density at radius 2 is 1.81 bits per heavy atom. The van der Waals surface area contributed by atoms with E-state index in [2.05, 4.69) is 20.3 Å². The minimum atomic E-state index is -0.335. The Morgan fingerprint density at radius 3 is 2.61 bits per heavy atom. The average Bonchev–Trinajstić information content (AvgIpc) is 3.55. The third-order valence-electron chi connectivity index (χ3n) is 4.55. The minimum Gasteiger partial charge on any atom is -0.338 e. The third-order valence-corrected chi connectivity index (χ3v) is 6.37. The van der Waals surface area contributed by atoms with Gasteiger partial charge < -0.3 is 4.52 Å². The Hall–Kier alpha value is -3.30. The van der Waals surface area contributed by atoms with Crippen molar-refractivity contribution in [1.29, 1.82) is 0 Å². The van der Waals surface area contributed by atoms with Crippen LogP contribution in [-0.2, 0) is 12.3 Å². The fourth-order valence-electron chi connectivity index (χ4n) is 3.09. The molecule has 154 valence electrons. The molecular weight excluding hydrogens is 433 g/mol. The zero-order valence-corrected chi connectivity index (χ0v) is 17.8. The molecule has 31 heavy (non-hydrogen) atoms. The van der Waals surface area contributed by atoms with Crippen molar-refractivity contribution in [2.75, 3.05) is 0 Å². The van der Waals surface area contributed by atoms with E-state index in [0.29, 0.717) is 40.6 Å². The van der Waals surface area contributed by atoms with Gasteiger partial charge in [0.05, 0.1) is 22.7 Å². The summed E-state index contributed by atoms with van der Waals surface area (Å²) in [5.74, 6) is 1.65. The van der Waals surface area contributed by atoms with Crippen molar-refractivity contribution in [3.8, 4) is 22.1 Å². The van der Waals surface area contributed by atoms with Crippen molar-refractivity contribution in [1.82, 2.24) is 24.9 Å². The summed E-state index contributed by atoms with van der Waals surface area (Å²) in [5.41, 5.74) is 1.48. The van der Waals surface area contributed by atoms with Gasteiger partial charge in [-0.05, 0) is 29.1 Å². The molecule has 5 aromatic rings. The molecule has 0 amide bonds. The van der Waals surface area contributed by atoms with Crippen molar-refractivity contribution < 1.29 is 8.91 Å². The second kappa shape index (κ2) is 8.83. The van der Waals surface area contributed by atoms with Crippen LogP contribution in [0.3, 0.4) is 0 Å². The second-order valence-electron chi connectivity index (χ2n) is 6.64. The van der Waals surface area contributed by atoms with Crippen molar-refractivity contribution in [3.05, 3.63) is 89.4 Å². The van der Waals surface area contributed by atoms with Crippen LogP contribution in [-0.4, -0.2) is 24.9 Å². The van der Waals surface area contributed by atoms with E-state index in [1.807, 2.05) is 52.4 Å². The van der Waals surface area contributed by atoms with E-state index in [9.17, 15) is 4.39 Å². The summed E-state index contributed by atoms with van der Waals surface area (Å²) in [7, 11) is 0. The Morgan fingerprint density at radius 1 is 0.968 bits per heavy atom. The van der Waals surface area contributed by atoms with Gasteiger partial charge in [0.1, 0.15) is 5.82 Å². The Balaban J connectivity index is 1.43. The van der Waals surface area contributed by atoms with Crippen molar-refractivity contribution in [2.24, 2.45) is 0 Å². The Kier molecular flexibility index (Phi) is 5.59. The third kappa shape index (κ3) is 4.28. The van der Waals surface area contributed by atoms with Gasteiger partial charge in [-0.2, -0.15) is 4.98 Å². The van der Waals surface area contributed by atoms with E-state index in [1.165, 1.54) is 17.8 Å². The lowest BCUT2D eigenvalue weighted by atomic mass is 10.2. The van der Waals surface area contributed by atoms with Gasteiger partial charge in [-0.1, -0.05) is 65.4 Å². The van der Waals surface area contributed by atoms with E-state index in [1.54, 1.807) is 29.5 Å². The largest absolute Gasteiger partial charge is 0.338 e. The van der Waals surface area contributed by atoms with Crippen LogP contribution in [0.25, 0.3) is 22.1 Å². The molecule has 0 unspecified atom stereocenters. The van der Waals surface area contributed by atoms with Crippen molar-refractivity contribution >= 4 is 23.1 Å². The molecule has 5 rings (SSSR count). The monoisotopic (exact) mass is 449 g/mol. The zero-order chi connectivity index (χ0) is 21.0. The number of hydrogen-bond acceptors (Lipinski definition) is 7. The Labute approximate surface area is 185 Å². The van der Waals surface area contributed by atoms with Crippen LogP contribution in [0.15, 0.2) is 81.8 Å². The summed E-state index contributed by atoms with van der Waals surface area (Å²) in [6.07, 6.45) is 0. The first-order valence-corrected chi connectivity index (χ1v) is 11.4. The number of halogens is 1. The molecule has 2 aromatic carbocycles. The molecule has 0 aliphatic rings. The first-order valence-electron chi connectivity index (χ1n) is 9.49. The van der Waals surface area contributed by atoms with Gasteiger partial charge in [0, 0.05) is 0 Å². The zero-order valence-electron chi connectivity index (χ0n) is 16.2. The normalized spacial score (nSPS) is 11.1. The molecule has 9 heteroatoms. The molecule has 0 radical (unpaired) electrons. The summed E-state index contributed by atoms with van der Waals surface area (Å²) < 4.78 is 21.8.